The maximum absolute atomic E-state index is 9.38. The molecule has 0 saturated heterocycles. The van der Waals surface area contributed by atoms with Gasteiger partial charge in [0.1, 0.15) is 11.6 Å². The predicted octanol–water partition coefficient (Wildman–Crippen LogP) is -0.287. The fraction of sp³-hybridized carbons (Fsp3) is 0.625. The van der Waals surface area contributed by atoms with Gasteiger partial charge in [0.15, 0.2) is 5.82 Å². The molecule has 0 fully saturated rings. The van der Waals surface area contributed by atoms with Crippen molar-refractivity contribution in [3.05, 3.63) is 10.8 Å². The summed E-state index contributed by atoms with van der Waals surface area (Å²) in [6, 6.07) is -0.498. The van der Waals surface area contributed by atoms with Crippen LogP contribution in [0.5, 0.6) is 0 Å². The van der Waals surface area contributed by atoms with E-state index in [0.717, 1.165) is 0 Å². The Kier molecular flexibility index (Phi) is 3.15. The summed E-state index contributed by atoms with van der Waals surface area (Å²) in [7, 11) is 1.58. The van der Waals surface area contributed by atoms with Crippen LogP contribution in [0.2, 0.25) is 0 Å². The number of methoxy groups -OCH3 is 1. The Hall–Kier alpha value is -1.09. The van der Waals surface area contributed by atoms with Crippen molar-refractivity contribution >= 4 is 16.3 Å². The number of rotatable bonds is 4. The quantitative estimate of drug-likeness (QED) is 0.765. The molecule has 0 amide bonds. The Morgan fingerprint density at radius 2 is 2.31 bits per heavy atom. The van der Waals surface area contributed by atoms with Crippen LogP contribution in [0.1, 0.15) is 23.8 Å². The fourth-order valence-corrected chi connectivity index (χ4v) is 2.19. The number of aromatic nitrogens is 4. The van der Waals surface area contributed by atoms with Crippen LogP contribution in [0.3, 0.4) is 0 Å². The summed E-state index contributed by atoms with van der Waals surface area (Å²) in [5.41, 5.74) is 5.79. The van der Waals surface area contributed by atoms with Gasteiger partial charge in [0.25, 0.3) is 0 Å². The normalized spacial score (nSPS) is 15.5. The number of hydrogen-bond acceptors (Lipinski definition) is 7. The highest BCUT2D eigenvalue weighted by Crippen LogP contribution is 2.21. The number of nitrogens with two attached hydrogens (primary N) is 1. The first kappa shape index (κ1) is 11.4. The van der Waals surface area contributed by atoms with E-state index in [0.29, 0.717) is 22.4 Å². The minimum absolute atomic E-state index is 0.342. The van der Waals surface area contributed by atoms with Gasteiger partial charge in [-0.25, -0.2) is 0 Å². The second-order valence-electron chi connectivity index (χ2n) is 3.45. The molecule has 88 valence electrons. The van der Waals surface area contributed by atoms with E-state index in [1.54, 1.807) is 18.5 Å². The largest absolute Gasteiger partial charge is 0.391 e. The van der Waals surface area contributed by atoms with Crippen molar-refractivity contribution in [2.24, 2.45) is 5.73 Å². The predicted molar refractivity (Wildman–Crippen MR) is 58.0 cm³/mol. The van der Waals surface area contributed by atoms with Crippen LogP contribution in [0.4, 0.5) is 0 Å². The van der Waals surface area contributed by atoms with Crippen molar-refractivity contribution in [3.8, 4) is 0 Å². The second-order valence-corrected chi connectivity index (χ2v) is 4.44. The van der Waals surface area contributed by atoms with Crippen molar-refractivity contribution in [1.29, 1.82) is 0 Å². The molecule has 2 unspecified atom stereocenters. The number of aliphatic hydroxyl groups is 1. The van der Waals surface area contributed by atoms with Gasteiger partial charge in [0.05, 0.1) is 12.1 Å². The SMILES string of the molecule is COCc1nnc2sc(C(N)C(C)O)nn12. The monoisotopic (exact) mass is 243 g/mol. The zero-order valence-corrected chi connectivity index (χ0v) is 9.81. The summed E-state index contributed by atoms with van der Waals surface area (Å²) in [6.07, 6.45) is -0.644. The molecule has 2 heterocycles. The molecule has 0 saturated carbocycles. The van der Waals surface area contributed by atoms with Gasteiger partial charge in [-0.2, -0.15) is 9.61 Å². The lowest BCUT2D eigenvalue weighted by molar-refractivity contribution is 0.163. The van der Waals surface area contributed by atoms with Crippen molar-refractivity contribution in [2.45, 2.75) is 25.7 Å². The van der Waals surface area contributed by atoms with Crippen LogP contribution in [0, 0.1) is 0 Å². The summed E-state index contributed by atoms with van der Waals surface area (Å²) >= 11 is 1.32. The Labute approximate surface area is 95.9 Å². The number of fused-ring (bicyclic) bond motifs is 1. The highest BCUT2D eigenvalue weighted by Gasteiger charge is 2.19. The second kappa shape index (κ2) is 4.42. The van der Waals surface area contributed by atoms with Gasteiger partial charge in [-0.05, 0) is 6.92 Å². The van der Waals surface area contributed by atoms with Crippen molar-refractivity contribution in [1.82, 2.24) is 19.8 Å². The van der Waals surface area contributed by atoms with Gasteiger partial charge in [-0.3, -0.25) is 0 Å². The van der Waals surface area contributed by atoms with Crippen LogP contribution in [-0.4, -0.2) is 38.1 Å². The number of hydrogen-bond donors (Lipinski definition) is 2. The van der Waals surface area contributed by atoms with Gasteiger partial charge in [0.2, 0.25) is 4.96 Å². The molecule has 0 radical (unpaired) electrons. The summed E-state index contributed by atoms with van der Waals surface area (Å²) in [4.78, 5) is 0.651. The third-order valence-electron chi connectivity index (χ3n) is 2.15. The number of ether oxygens (including phenoxy) is 1. The van der Waals surface area contributed by atoms with E-state index >= 15 is 0 Å². The third-order valence-corrected chi connectivity index (χ3v) is 3.15. The van der Waals surface area contributed by atoms with Gasteiger partial charge >= 0.3 is 0 Å². The zero-order valence-electron chi connectivity index (χ0n) is 8.99. The molecule has 0 bridgehead atoms. The molecule has 2 atom stereocenters. The zero-order chi connectivity index (χ0) is 11.7. The average Bonchev–Trinajstić information content (AvgIpc) is 2.79. The van der Waals surface area contributed by atoms with Gasteiger partial charge in [-0.1, -0.05) is 11.3 Å². The molecule has 0 aromatic carbocycles. The highest BCUT2D eigenvalue weighted by molar-refractivity contribution is 7.16. The van der Waals surface area contributed by atoms with E-state index < -0.39 is 12.1 Å². The van der Waals surface area contributed by atoms with Gasteiger partial charge in [-0.15, -0.1) is 10.2 Å². The minimum Gasteiger partial charge on any atom is -0.391 e. The summed E-state index contributed by atoms with van der Waals surface area (Å²) in [6.45, 7) is 1.97. The molecule has 3 N–H and O–H groups in total. The Balaban J connectivity index is 2.36. The van der Waals surface area contributed by atoms with Crippen LogP contribution in [0.15, 0.2) is 0 Å². The number of nitrogens with zero attached hydrogens (tertiary/aromatic N) is 4. The lowest BCUT2D eigenvalue weighted by atomic mass is 10.2. The Morgan fingerprint density at radius 1 is 1.56 bits per heavy atom. The van der Waals surface area contributed by atoms with Crippen LogP contribution >= 0.6 is 11.3 Å². The van der Waals surface area contributed by atoms with E-state index in [1.165, 1.54) is 11.3 Å². The van der Waals surface area contributed by atoms with E-state index in [1.807, 2.05) is 0 Å². The molecular formula is C8H13N5O2S. The average molecular weight is 243 g/mol. The van der Waals surface area contributed by atoms with Gasteiger partial charge in [0, 0.05) is 7.11 Å². The molecule has 7 nitrogen and oxygen atoms in total. The summed E-state index contributed by atoms with van der Waals surface area (Å²) in [5.74, 6) is 0.623. The van der Waals surface area contributed by atoms with E-state index in [2.05, 4.69) is 15.3 Å². The Morgan fingerprint density at radius 3 is 2.94 bits per heavy atom. The molecule has 0 aliphatic heterocycles. The molecule has 2 aromatic heterocycles. The first-order valence-corrected chi connectivity index (χ1v) is 5.58. The molecule has 2 aromatic rings. The standard InChI is InChI=1S/C8H13N5O2S/c1-4(14)6(9)7-12-13-5(3-15-2)10-11-8(13)16-7/h4,6,14H,3,9H2,1-2H3. The molecular weight excluding hydrogens is 230 g/mol. The van der Waals surface area contributed by atoms with Crippen molar-refractivity contribution in [3.63, 3.8) is 0 Å². The van der Waals surface area contributed by atoms with E-state index in [-0.39, 0.29) is 0 Å². The molecule has 16 heavy (non-hydrogen) atoms. The molecule has 8 heteroatoms. The lowest BCUT2D eigenvalue weighted by Crippen LogP contribution is -2.23. The minimum atomic E-state index is -0.644. The van der Waals surface area contributed by atoms with Crippen LogP contribution < -0.4 is 5.73 Å². The highest BCUT2D eigenvalue weighted by atomic mass is 32.1. The summed E-state index contributed by atoms with van der Waals surface area (Å²) in [5, 5.41) is 22.1. The molecule has 0 aliphatic carbocycles. The lowest BCUT2D eigenvalue weighted by Gasteiger charge is -2.09. The maximum Gasteiger partial charge on any atom is 0.234 e. The first-order valence-electron chi connectivity index (χ1n) is 4.77. The number of aliphatic hydroxyl groups excluding tert-OH is 1. The molecule has 0 aliphatic rings. The van der Waals surface area contributed by atoms with Crippen molar-refractivity contribution in [2.75, 3.05) is 7.11 Å². The van der Waals surface area contributed by atoms with Crippen LogP contribution in [-0.2, 0) is 11.3 Å². The summed E-state index contributed by atoms with van der Waals surface area (Å²) < 4.78 is 6.56. The third kappa shape index (κ3) is 1.92. The van der Waals surface area contributed by atoms with E-state index in [9.17, 15) is 5.11 Å². The fourth-order valence-electron chi connectivity index (χ4n) is 1.23. The van der Waals surface area contributed by atoms with Crippen LogP contribution in [0.25, 0.3) is 4.96 Å². The molecule has 2 rings (SSSR count). The maximum atomic E-state index is 9.38. The first-order chi connectivity index (χ1) is 7.63. The smallest absolute Gasteiger partial charge is 0.234 e. The Bertz CT molecular complexity index is 480. The van der Waals surface area contributed by atoms with Crippen molar-refractivity contribution < 1.29 is 9.84 Å². The molecule has 0 spiro atoms. The van der Waals surface area contributed by atoms with E-state index in [4.69, 9.17) is 10.5 Å². The van der Waals surface area contributed by atoms with Gasteiger partial charge < -0.3 is 15.6 Å². The topological polar surface area (TPSA) is 98.6 Å².